The zero-order valence-electron chi connectivity index (χ0n) is 13.6. The third kappa shape index (κ3) is 3.38. The van der Waals surface area contributed by atoms with Crippen molar-refractivity contribution >= 4 is 5.91 Å². The summed E-state index contributed by atoms with van der Waals surface area (Å²) in [5.41, 5.74) is 3.00. The highest BCUT2D eigenvalue weighted by atomic mass is 16.5. The van der Waals surface area contributed by atoms with Crippen LogP contribution in [0.4, 0.5) is 0 Å². The van der Waals surface area contributed by atoms with Crippen LogP contribution in [0.5, 0.6) is 5.75 Å². The normalized spacial score (nSPS) is 15.9. The van der Waals surface area contributed by atoms with Crippen molar-refractivity contribution in [3.05, 3.63) is 66.0 Å². The van der Waals surface area contributed by atoms with Crippen LogP contribution in [0.1, 0.15) is 16.1 Å². The Balaban J connectivity index is 1.36. The lowest BCUT2D eigenvalue weighted by atomic mass is 9.97. The number of nitrogens with zero attached hydrogens (tertiary/aromatic N) is 2. The zero-order chi connectivity index (χ0) is 17.1. The first kappa shape index (κ1) is 15.4. The third-order valence-electron chi connectivity index (χ3n) is 4.26. The number of hydrogen-bond donors (Lipinski definition) is 2. The van der Waals surface area contributed by atoms with Crippen LogP contribution in [0.25, 0.3) is 11.4 Å². The molecule has 0 spiro atoms. The maximum absolute atomic E-state index is 12.3. The summed E-state index contributed by atoms with van der Waals surface area (Å²) >= 11 is 0. The Morgan fingerprint density at radius 2 is 2.08 bits per heavy atom. The molecule has 0 unspecified atom stereocenters. The van der Waals surface area contributed by atoms with E-state index >= 15 is 0 Å². The fourth-order valence-corrected chi connectivity index (χ4v) is 2.94. The smallest absolute Gasteiger partial charge is 0.269 e. The van der Waals surface area contributed by atoms with E-state index < -0.39 is 0 Å². The number of benzene rings is 1. The van der Waals surface area contributed by atoms with Crippen LogP contribution in [-0.2, 0) is 6.42 Å². The molecular weight excluding hydrogens is 316 g/mol. The van der Waals surface area contributed by atoms with E-state index in [4.69, 9.17) is 4.74 Å². The lowest BCUT2D eigenvalue weighted by Gasteiger charge is -2.25. The highest BCUT2D eigenvalue weighted by Gasteiger charge is 2.20. The fourth-order valence-electron chi connectivity index (χ4n) is 2.94. The summed E-state index contributed by atoms with van der Waals surface area (Å²) in [4.78, 5) is 16.6. The van der Waals surface area contributed by atoms with Crippen molar-refractivity contribution in [2.75, 3.05) is 13.2 Å². The molecule has 25 heavy (non-hydrogen) atoms. The second kappa shape index (κ2) is 6.76. The number of carbonyl (C=O) groups excluding carboxylic acids is 1. The van der Waals surface area contributed by atoms with Gasteiger partial charge in [-0.1, -0.05) is 24.3 Å². The second-order valence-corrected chi connectivity index (χ2v) is 6.08. The molecule has 1 aliphatic heterocycles. The number of ether oxygens (including phenoxy) is 1. The minimum Gasteiger partial charge on any atom is -0.493 e. The van der Waals surface area contributed by atoms with E-state index in [1.165, 1.54) is 5.56 Å². The van der Waals surface area contributed by atoms with Gasteiger partial charge in [-0.25, -0.2) is 0 Å². The number of para-hydroxylation sites is 1. The quantitative estimate of drug-likeness (QED) is 0.768. The summed E-state index contributed by atoms with van der Waals surface area (Å²) in [5, 5.41) is 9.89. The van der Waals surface area contributed by atoms with Gasteiger partial charge in [-0.05, 0) is 36.2 Å². The third-order valence-corrected chi connectivity index (χ3v) is 4.26. The van der Waals surface area contributed by atoms with Gasteiger partial charge in [-0.3, -0.25) is 14.9 Å². The topological polar surface area (TPSA) is 79.9 Å². The maximum Gasteiger partial charge on any atom is 0.269 e. The molecule has 4 rings (SSSR count). The van der Waals surface area contributed by atoms with E-state index in [-0.39, 0.29) is 11.8 Å². The number of fused-ring (bicyclic) bond motifs is 1. The van der Waals surface area contributed by atoms with E-state index in [2.05, 4.69) is 26.6 Å². The first-order chi connectivity index (χ1) is 12.3. The van der Waals surface area contributed by atoms with Crippen LogP contribution >= 0.6 is 0 Å². The molecule has 126 valence electrons. The standard InChI is InChI=1S/C19H18N4O2/c24-19(17-10-16(22-23-17)15-6-3-4-8-20-15)21-11-13-9-14-5-1-2-7-18(14)25-12-13/h1-8,10,13H,9,11-12H2,(H,21,24)(H,22,23)/t13-/m1/s1. The van der Waals surface area contributed by atoms with E-state index in [0.717, 1.165) is 17.9 Å². The molecule has 2 aromatic heterocycles. The van der Waals surface area contributed by atoms with Crippen LogP contribution in [0, 0.1) is 5.92 Å². The van der Waals surface area contributed by atoms with Crippen molar-refractivity contribution in [3.63, 3.8) is 0 Å². The van der Waals surface area contributed by atoms with Crippen LogP contribution in [-0.4, -0.2) is 34.2 Å². The molecule has 3 aromatic rings. The van der Waals surface area contributed by atoms with Crippen LogP contribution in [0.2, 0.25) is 0 Å². The van der Waals surface area contributed by atoms with Crippen molar-refractivity contribution in [2.24, 2.45) is 5.92 Å². The van der Waals surface area contributed by atoms with Gasteiger partial charge in [0.15, 0.2) is 0 Å². The number of aromatic nitrogens is 3. The minimum absolute atomic E-state index is 0.173. The van der Waals surface area contributed by atoms with E-state index in [1.807, 2.05) is 36.4 Å². The molecule has 6 heteroatoms. The van der Waals surface area contributed by atoms with E-state index in [9.17, 15) is 4.79 Å². The van der Waals surface area contributed by atoms with E-state index in [0.29, 0.717) is 24.5 Å². The summed E-state index contributed by atoms with van der Waals surface area (Å²) < 4.78 is 5.76. The number of hydrogen-bond acceptors (Lipinski definition) is 4. The Hall–Kier alpha value is -3.15. The average Bonchev–Trinajstić information content (AvgIpc) is 3.17. The predicted molar refractivity (Wildman–Crippen MR) is 93.3 cm³/mol. The molecule has 1 amide bonds. The van der Waals surface area contributed by atoms with Crippen molar-refractivity contribution < 1.29 is 9.53 Å². The molecule has 3 heterocycles. The highest BCUT2D eigenvalue weighted by Crippen LogP contribution is 2.26. The Morgan fingerprint density at radius 1 is 1.20 bits per heavy atom. The lowest BCUT2D eigenvalue weighted by Crippen LogP contribution is -2.34. The van der Waals surface area contributed by atoms with Crippen LogP contribution in [0.3, 0.4) is 0 Å². The maximum atomic E-state index is 12.3. The number of H-pyrrole nitrogens is 1. The molecule has 1 aromatic carbocycles. The van der Waals surface area contributed by atoms with Crippen LogP contribution in [0.15, 0.2) is 54.7 Å². The molecule has 0 saturated carbocycles. The summed E-state index contributed by atoms with van der Waals surface area (Å²) in [6.07, 6.45) is 2.60. The minimum atomic E-state index is -0.173. The molecule has 0 bridgehead atoms. The van der Waals surface area contributed by atoms with Gasteiger partial charge in [0.05, 0.1) is 12.3 Å². The summed E-state index contributed by atoms with van der Waals surface area (Å²) in [6, 6.07) is 15.3. The Morgan fingerprint density at radius 3 is 2.96 bits per heavy atom. The van der Waals surface area contributed by atoms with Crippen molar-refractivity contribution in [2.45, 2.75) is 6.42 Å². The highest BCUT2D eigenvalue weighted by molar-refractivity contribution is 5.93. The van der Waals surface area contributed by atoms with Gasteiger partial charge in [0, 0.05) is 18.7 Å². The van der Waals surface area contributed by atoms with Crippen molar-refractivity contribution in [3.8, 4) is 17.1 Å². The predicted octanol–water partition coefficient (Wildman–Crippen LogP) is 2.45. The van der Waals surface area contributed by atoms with Gasteiger partial charge in [0.1, 0.15) is 17.1 Å². The molecule has 1 atom stereocenters. The molecule has 0 saturated heterocycles. The Bertz CT molecular complexity index is 876. The van der Waals surface area contributed by atoms with Gasteiger partial charge >= 0.3 is 0 Å². The van der Waals surface area contributed by atoms with Crippen LogP contribution < -0.4 is 10.1 Å². The largest absolute Gasteiger partial charge is 0.493 e. The van der Waals surface area contributed by atoms with Crippen molar-refractivity contribution in [1.82, 2.24) is 20.5 Å². The van der Waals surface area contributed by atoms with E-state index in [1.54, 1.807) is 12.3 Å². The number of rotatable bonds is 4. The lowest BCUT2D eigenvalue weighted by molar-refractivity contribution is 0.0934. The fraction of sp³-hybridized carbons (Fsp3) is 0.211. The molecule has 0 radical (unpaired) electrons. The molecule has 1 aliphatic rings. The molecular formula is C19H18N4O2. The van der Waals surface area contributed by atoms with Gasteiger partial charge < -0.3 is 10.1 Å². The average molecular weight is 334 g/mol. The van der Waals surface area contributed by atoms with Gasteiger partial charge in [0.25, 0.3) is 5.91 Å². The number of aromatic amines is 1. The Labute approximate surface area is 145 Å². The molecule has 2 N–H and O–H groups in total. The summed E-state index contributed by atoms with van der Waals surface area (Å²) in [6.45, 7) is 1.17. The monoisotopic (exact) mass is 334 g/mol. The molecule has 0 aliphatic carbocycles. The first-order valence-corrected chi connectivity index (χ1v) is 8.25. The summed E-state index contributed by atoms with van der Waals surface area (Å²) in [5.74, 6) is 1.03. The summed E-state index contributed by atoms with van der Waals surface area (Å²) in [7, 11) is 0. The number of nitrogens with one attached hydrogen (secondary N) is 2. The van der Waals surface area contributed by atoms with Gasteiger partial charge in [0.2, 0.25) is 0 Å². The van der Waals surface area contributed by atoms with Crippen molar-refractivity contribution in [1.29, 1.82) is 0 Å². The van der Waals surface area contributed by atoms with Gasteiger partial charge in [-0.2, -0.15) is 5.10 Å². The zero-order valence-corrected chi connectivity index (χ0v) is 13.6. The molecule has 0 fully saturated rings. The number of carbonyl (C=O) groups is 1. The number of amides is 1. The van der Waals surface area contributed by atoms with Gasteiger partial charge in [-0.15, -0.1) is 0 Å². The molecule has 6 nitrogen and oxygen atoms in total. The second-order valence-electron chi connectivity index (χ2n) is 6.08. The first-order valence-electron chi connectivity index (χ1n) is 8.25. The Kier molecular flexibility index (Phi) is 4.16. The SMILES string of the molecule is O=C(NC[C@@H]1COc2ccccc2C1)c1cc(-c2ccccn2)n[nH]1. The number of pyridine rings is 1.